The molecule has 1 atom stereocenters. The molecule has 0 radical (unpaired) electrons. The maximum atomic E-state index is 12.9. The molecule has 1 aromatic carbocycles. The molecule has 1 fully saturated rings. The van der Waals surface area contributed by atoms with Crippen molar-refractivity contribution in [2.45, 2.75) is 12.8 Å². The van der Waals surface area contributed by atoms with Crippen molar-refractivity contribution in [3.63, 3.8) is 0 Å². The van der Waals surface area contributed by atoms with E-state index in [1.165, 1.54) is 6.07 Å². The molecule has 1 saturated heterocycles. The van der Waals surface area contributed by atoms with Crippen LogP contribution in [0.5, 0.6) is 5.75 Å². The van der Waals surface area contributed by atoms with Gasteiger partial charge < -0.3 is 4.74 Å². The van der Waals surface area contributed by atoms with Crippen LogP contribution in [0.2, 0.25) is 5.02 Å². The van der Waals surface area contributed by atoms with Gasteiger partial charge in [0.25, 0.3) is 5.91 Å². The number of carbonyl (C=O) groups is 2. The molecule has 0 saturated carbocycles. The number of amides is 2. The molecule has 24 heavy (non-hydrogen) atoms. The summed E-state index contributed by atoms with van der Waals surface area (Å²) in [7, 11) is -3.05. The zero-order chi connectivity index (χ0) is 17.7. The van der Waals surface area contributed by atoms with E-state index >= 15 is 0 Å². The summed E-state index contributed by atoms with van der Waals surface area (Å²) in [5.41, 5.74) is 4.34. The molecule has 0 aromatic heterocycles. The molecule has 0 aliphatic carbocycles. The summed E-state index contributed by atoms with van der Waals surface area (Å²) in [6.07, 6.45) is 0.458. The van der Waals surface area contributed by atoms with Crippen LogP contribution in [-0.2, 0) is 19.4 Å². The predicted octanol–water partition coefficient (Wildman–Crippen LogP) is 0.830. The van der Waals surface area contributed by atoms with Gasteiger partial charge in [-0.2, -0.15) is 0 Å². The Morgan fingerprint density at radius 3 is 2.62 bits per heavy atom. The fourth-order valence-corrected chi connectivity index (χ4v) is 4.34. The minimum absolute atomic E-state index is 0.0133. The minimum atomic E-state index is -3.05. The van der Waals surface area contributed by atoms with Crippen LogP contribution in [0.15, 0.2) is 18.2 Å². The van der Waals surface area contributed by atoms with Gasteiger partial charge in [0.05, 0.1) is 16.5 Å². The van der Waals surface area contributed by atoms with Gasteiger partial charge in [-0.25, -0.2) is 12.8 Å². The molecular formula is C14H16ClFN2O5S. The zero-order valence-corrected chi connectivity index (χ0v) is 14.1. The van der Waals surface area contributed by atoms with Crippen molar-refractivity contribution >= 4 is 33.3 Å². The summed E-state index contributed by atoms with van der Waals surface area (Å²) in [5, 5.41) is 0.0225. The highest BCUT2D eigenvalue weighted by Gasteiger charge is 2.29. The van der Waals surface area contributed by atoms with Gasteiger partial charge in [-0.15, -0.1) is 0 Å². The lowest BCUT2D eigenvalue weighted by molar-refractivity contribution is -0.130. The summed E-state index contributed by atoms with van der Waals surface area (Å²) in [6, 6.07) is 3.47. The average Bonchev–Trinajstić information content (AvgIpc) is 2.83. The number of hydrazine groups is 1. The Morgan fingerprint density at radius 1 is 1.29 bits per heavy atom. The van der Waals surface area contributed by atoms with E-state index in [1.807, 2.05) is 0 Å². The van der Waals surface area contributed by atoms with Crippen LogP contribution in [0.4, 0.5) is 4.39 Å². The van der Waals surface area contributed by atoms with Gasteiger partial charge in [0.2, 0.25) is 5.91 Å². The second-order valence-electron chi connectivity index (χ2n) is 5.43. The maximum Gasteiger partial charge on any atom is 0.276 e. The average molecular weight is 379 g/mol. The Labute approximate surface area is 143 Å². The summed E-state index contributed by atoms with van der Waals surface area (Å²) in [4.78, 5) is 23.2. The van der Waals surface area contributed by atoms with E-state index in [9.17, 15) is 22.4 Å². The van der Waals surface area contributed by atoms with Gasteiger partial charge in [0.15, 0.2) is 16.4 Å². The Morgan fingerprint density at radius 2 is 2.00 bits per heavy atom. The Kier molecular flexibility index (Phi) is 6.00. The highest BCUT2D eigenvalue weighted by Crippen LogP contribution is 2.24. The molecule has 1 aromatic rings. The number of hydrogen-bond donors (Lipinski definition) is 2. The van der Waals surface area contributed by atoms with Gasteiger partial charge in [-0.1, -0.05) is 11.6 Å². The summed E-state index contributed by atoms with van der Waals surface area (Å²) in [6.45, 7) is -0.427. The van der Waals surface area contributed by atoms with Crippen LogP contribution in [0, 0.1) is 11.7 Å². The normalized spacial score (nSPS) is 18.8. The topological polar surface area (TPSA) is 102 Å². The van der Waals surface area contributed by atoms with Gasteiger partial charge in [-0.3, -0.25) is 20.4 Å². The van der Waals surface area contributed by atoms with E-state index in [-0.39, 0.29) is 34.6 Å². The largest absolute Gasteiger partial charge is 0.482 e. The lowest BCUT2D eigenvalue weighted by Crippen LogP contribution is -2.44. The second-order valence-corrected chi connectivity index (χ2v) is 8.07. The Bertz CT molecular complexity index is 741. The van der Waals surface area contributed by atoms with Crippen LogP contribution in [0.1, 0.15) is 12.8 Å². The number of rotatable bonds is 5. The van der Waals surface area contributed by atoms with Crippen LogP contribution in [0.25, 0.3) is 0 Å². The first-order valence-electron chi connectivity index (χ1n) is 7.11. The van der Waals surface area contributed by atoms with E-state index in [4.69, 9.17) is 16.3 Å². The summed E-state index contributed by atoms with van der Waals surface area (Å²) >= 11 is 5.74. The maximum absolute atomic E-state index is 12.9. The van der Waals surface area contributed by atoms with Gasteiger partial charge in [-0.05, 0) is 30.5 Å². The molecule has 1 aliphatic rings. The number of ether oxygens (including phenoxy) is 1. The lowest BCUT2D eigenvalue weighted by Gasteiger charge is -2.11. The van der Waals surface area contributed by atoms with Gasteiger partial charge in [0.1, 0.15) is 11.6 Å². The van der Waals surface area contributed by atoms with E-state index in [0.29, 0.717) is 6.42 Å². The summed E-state index contributed by atoms with van der Waals surface area (Å²) < 4.78 is 40.6. The second kappa shape index (κ2) is 7.80. The summed E-state index contributed by atoms with van der Waals surface area (Å²) in [5.74, 6) is -1.67. The van der Waals surface area contributed by atoms with Crippen LogP contribution < -0.4 is 15.6 Å². The first-order valence-corrected chi connectivity index (χ1v) is 9.31. The first kappa shape index (κ1) is 18.5. The molecule has 7 nitrogen and oxygen atoms in total. The standard InChI is InChI=1S/C14H16ClFN2O5S/c15-11-6-10(16)1-2-12(11)23-7-14(20)18-17-13(19)5-9-3-4-24(21,22)8-9/h1-2,6,9H,3-5,7-8H2,(H,17,19)(H,18,20)/t9-/m1/s1. The third-order valence-electron chi connectivity index (χ3n) is 3.39. The molecule has 10 heteroatoms. The molecule has 1 aliphatic heterocycles. The molecule has 2 N–H and O–H groups in total. The highest BCUT2D eigenvalue weighted by molar-refractivity contribution is 7.91. The first-order chi connectivity index (χ1) is 11.2. The SMILES string of the molecule is O=C(COc1ccc(F)cc1Cl)NNC(=O)C[C@H]1CCS(=O)(=O)C1. The van der Waals surface area contributed by atoms with Crippen molar-refractivity contribution in [3.05, 3.63) is 29.0 Å². The van der Waals surface area contributed by atoms with Crippen molar-refractivity contribution in [3.8, 4) is 5.75 Å². The quantitative estimate of drug-likeness (QED) is 0.739. The third kappa shape index (κ3) is 5.64. The Hall–Kier alpha value is -1.87. The monoisotopic (exact) mass is 378 g/mol. The number of carbonyl (C=O) groups excluding carboxylic acids is 2. The van der Waals surface area contributed by atoms with Crippen LogP contribution >= 0.6 is 11.6 Å². The number of sulfone groups is 1. The van der Waals surface area contributed by atoms with Crippen molar-refractivity contribution in [1.82, 2.24) is 10.9 Å². The van der Waals surface area contributed by atoms with E-state index in [2.05, 4.69) is 10.9 Å². The number of halogens is 2. The molecule has 132 valence electrons. The third-order valence-corrected chi connectivity index (χ3v) is 5.53. The number of nitrogens with one attached hydrogen (secondary N) is 2. The van der Waals surface area contributed by atoms with Crippen molar-refractivity contribution in [1.29, 1.82) is 0 Å². The smallest absolute Gasteiger partial charge is 0.276 e. The molecule has 0 unspecified atom stereocenters. The van der Waals surface area contributed by atoms with Gasteiger partial charge in [0, 0.05) is 6.42 Å². The van der Waals surface area contributed by atoms with Crippen LogP contribution in [0.3, 0.4) is 0 Å². The highest BCUT2D eigenvalue weighted by atomic mass is 35.5. The van der Waals surface area contributed by atoms with Gasteiger partial charge >= 0.3 is 0 Å². The van der Waals surface area contributed by atoms with E-state index in [0.717, 1.165) is 12.1 Å². The zero-order valence-electron chi connectivity index (χ0n) is 12.6. The van der Waals surface area contributed by atoms with E-state index in [1.54, 1.807) is 0 Å². The Balaban J connectivity index is 1.70. The molecular weight excluding hydrogens is 363 g/mol. The fraction of sp³-hybridized carbons (Fsp3) is 0.429. The number of hydrogen-bond acceptors (Lipinski definition) is 5. The van der Waals surface area contributed by atoms with Crippen molar-refractivity contribution in [2.24, 2.45) is 5.92 Å². The minimum Gasteiger partial charge on any atom is -0.482 e. The number of benzene rings is 1. The lowest BCUT2D eigenvalue weighted by atomic mass is 10.1. The predicted molar refractivity (Wildman–Crippen MR) is 84.6 cm³/mol. The molecule has 2 amide bonds. The molecule has 0 spiro atoms. The molecule has 2 rings (SSSR count). The van der Waals surface area contributed by atoms with Crippen LogP contribution in [-0.4, -0.2) is 38.3 Å². The molecule has 1 heterocycles. The fourth-order valence-electron chi connectivity index (χ4n) is 2.26. The molecule has 0 bridgehead atoms. The van der Waals surface area contributed by atoms with E-state index < -0.39 is 34.1 Å². The van der Waals surface area contributed by atoms with Crippen molar-refractivity contribution < 1.29 is 27.1 Å². The van der Waals surface area contributed by atoms with Crippen molar-refractivity contribution in [2.75, 3.05) is 18.1 Å².